The fourth-order valence-corrected chi connectivity index (χ4v) is 1.07. The van der Waals surface area contributed by atoms with Crippen LogP contribution in [-0.4, -0.2) is 49.2 Å². The van der Waals surface area contributed by atoms with Crippen LogP contribution in [0, 0.1) is 5.92 Å². The quantitative estimate of drug-likeness (QED) is 0.608. The summed E-state index contributed by atoms with van der Waals surface area (Å²) in [4.78, 5) is 12.8. The molecule has 90 valence electrons. The van der Waals surface area contributed by atoms with Crippen LogP contribution in [-0.2, 0) is 4.79 Å². The molecule has 2 N–H and O–H groups in total. The number of nitrogens with one attached hydrogen (secondary N) is 1. The maximum Gasteiger partial charge on any atom is 0.222 e. The molecule has 0 aromatic carbocycles. The molecule has 0 aromatic heterocycles. The normalized spacial score (nSPS) is 12.9. The smallest absolute Gasteiger partial charge is 0.222 e. The number of nitrogens with zero attached hydrogens (tertiary/aromatic N) is 1. The third-order valence-corrected chi connectivity index (χ3v) is 2.37. The van der Waals surface area contributed by atoms with Crippen molar-refractivity contribution in [3.63, 3.8) is 0 Å². The fraction of sp³-hybridized carbons (Fsp3) is 0.909. The lowest BCUT2D eigenvalue weighted by Crippen LogP contribution is -2.31. The highest BCUT2D eigenvalue weighted by molar-refractivity contribution is 5.75. The first kappa shape index (κ1) is 14.4. The minimum Gasteiger partial charge on any atom is -0.392 e. The number of carbonyl (C=O) groups excluding carboxylic acids is 1. The summed E-state index contributed by atoms with van der Waals surface area (Å²) >= 11 is 0. The van der Waals surface area contributed by atoms with Gasteiger partial charge < -0.3 is 15.3 Å². The predicted molar refractivity (Wildman–Crippen MR) is 61.6 cm³/mol. The van der Waals surface area contributed by atoms with E-state index in [4.69, 9.17) is 0 Å². The summed E-state index contributed by atoms with van der Waals surface area (Å²) in [5, 5.41) is 12.6. The van der Waals surface area contributed by atoms with Crippen LogP contribution in [0.25, 0.3) is 0 Å². The van der Waals surface area contributed by atoms with Crippen molar-refractivity contribution >= 4 is 5.91 Å². The van der Waals surface area contributed by atoms with E-state index in [0.29, 0.717) is 13.0 Å². The Morgan fingerprint density at radius 2 is 2.00 bits per heavy atom. The molecule has 0 rings (SSSR count). The van der Waals surface area contributed by atoms with Crippen molar-refractivity contribution in [1.82, 2.24) is 10.2 Å². The van der Waals surface area contributed by atoms with Gasteiger partial charge in [-0.05, 0) is 18.9 Å². The van der Waals surface area contributed by atoms with Crippen molar-refractivity contribution in [2.75, 3.05) is 27.2 Å². The van der Waals surface area contributed by atoms with Crippen molar-refractivity contribution in [3.05, 3.63) is 0 Å². The second-order valence-electron chi connectivity index (χ2n) is 4.41. The number of rotatable bonds is 7. The van der Waals surface area contributed by atoms with Gasteiger partial charge >= 0.3 is 0 Å². The average molecular weight is 216 g/mol. The molecule has 0 aromatic rings. The summed E-state index contributed by atoms with van der Waals surface area (Å²) in [5.41, 5.74) is 0. The molecule has 0 heterocycles. The van der Waals surface area contributed by atoms with Gasteiger partial charge in [-0.25, -0.2) is 0 Å². The molecule has 0 bridgehead atoms. The summed E-state index contributed by atoms with van der Waals surface area (Å²) in [5.74, 6) is 0.433. The van der Waals surface area contributed by atoms with Gasteiger partial charge in [-0.2, -0.15) is 0 Å². The Hall–Kier alpha value is -0.610. The molecule has 0 aliphatic heterocycles. The van der Waals surface area contributed by atoms with E-state index >= 15 is 0 Å². The van der Waals surface area contributed by atoms with Gasteiger partial charge in [-0.1, -0.05) is 13.8 Å². The van der Waals surface area contributed by atoms with Gasteiger partial charge in [0.15, 0.2) is 0 Å². The second kappa shape index (κ2) is 7.65. The molecule has 0 radical (unpaired) electrons. The first-order valence-corrected chi connectivity index (χ1v) is 5.54. The number of carbonyl (C=O) groups is 1. The van der Waals surface area contributed by atoms with E-state index in [-0.39, 0.29) is 17.9 Å². The van der Waals surface area contributed by atoms with Crippen LogP contribution in [0.3, 0.4) is 0 Å². The topological polar surface area (TPSA) is 52.6 Å². The highest BCUT2D eigenvalue weighted by Gasteiger charge is 2.08. The molecule has 0 aliphatic carbocycles. The number of hydrogen-bond acceptors (Lipinski definition) is 3. The number of aliphatic hydroxyl groups is 1. The zero-order valence-corrected chi connectivity index (χ0v) is 10.3. The van der Waals surface area contributed by atoms with Crippen LogP contribution in [0.4, 0.5) is 0 Å². The molecule has 0 saturated carbocycles. The molecule has 0 aliphatic rings. The van der Waals surface area contributed by atoms with E-state index < -0.39 is 0 Å². The monoisotopic (exact) mass is 216 g/mol. The third kappa shape index (κ3) is 7.33. The van der Waals surface area contributed by atoms with E-state index in [1.165, 1.54) is 0 Å². The predicted octanol–water partition coefficient (Wildman–Crippen LogP) is 0.461. The summed E-state index contributed by atoms with van der Waals surface area (Å²) in [6.45, 7) is 5.36. The Kier molecular flexibility index (Phi) is 7.34. The van der Waals surface area contributed by atoms with E-state index in [2.05, 4.69) is 5.32 Å². The number of amides is 1. The van der Waals surface area contributed by atoms with E-state index in [0.717, 1.165) is 13.0 Å². The molecule has 1 unspecified atom stereocenters. The van der Waals surface area contributed by atoms with E-state index in [9.17, 15) is 9.90 Å². The van der Waals surface area contributed by atoms with Crippen LogP contribution < -0.4 is 5.32 Å². The molecule has 15 heavy (non-hydrogen) atoms. The van der Waals surface area contributed by atoms with Crippen molar-refractivity contribution in [3.8, 4) is 0 Å². The van der Waals surface area contributed by atoms with Gasteiger partial charge in [0.1, 0.15) is 0 Å². The lowest BCUT2D eigenvalue weighted by molar-refractivity contribution is -0.128. The van der Waals surface area contributed by atoms with Gasteiger partial charge in [0.2, 0.25) is 5.91 Å². The van der Waals surface area contributed by atoms with Crippen molar-refractivity contribution in [1.29, 1.82) is 0 Å². The van der Waals surface area contributed by atoms with Gasteiger partial charge in [-0.3, -0.25) is 4.79 Å². The fourth-order valence-electron chi connectivity index (χ4n) is 1.07. The van der Waals surface area contributed by atoms with Gasteiger partial charge in [0.05, 0.1) is 6.10 Å². The zero-order valence-electron chi connectivity index (χ0n) is 10.3. The molecule has 4 heteroatoms. The SMILES string of the molecule is CC(C)C(O)CNCCCC(=O)N(C)C. The summed E-state index contributed by atoms with van der Waals surface area (Å²) < 4.78 is 0. The minimum atomic E-state index is -0.297. The lowest BCUT2D eigenvalue weighted by atomic mass is 10.1. The van der Waals surface area contributed by atoms with Gasteiger partial charge in [0, 0.05) is 27.1 Å². The Balaban J connectivity index is 3.36. The zero-order chi connectivity index (χ0) is 11.8. The minimum absolute atomic E-state index is 0.154. The molecule has 0 spiro atoms. The highest BCUT2D eigenvalue weighted by atomic mass is 16.3. The van der Waals surface area contributed by atoms with E-state index in [1.54, 1.807) is 19.0 Å². The molecular formula is C11H24N2O2. The number of aliphatic hydroxyl groups excluding tert-OH is 1. The highest BCUT2D eigenvalue weighted by Crippen LogP contribution is 1.99. The summed E-state index contributed by atoms with van der Waals surface area (Å²) in [6, 6.07) is 0. The average Bonchev–Trinajstić information content (AvgIpc) is 2.16. The van der Waals surface area contributed by atoms with Gasteiger partial charge in [0.25, 0.3) is 0 Å². The Labute approximate surface area is 92.7 Å². The van der Waals surface area contributed by atoms with Crippen LogP contribution >= 0.6 is 0 Å². The van der Waals surface area contributed by atoms with Crippen LogP contribution in [0.15, 0.2) is 0 Å². The molecular weight excluding hydrogens is 192 g/mol. The molecule has 1 amide bonds. The summed E-state index contributed by atoms with van der Waals surface area (Å²) in [7, 11) is 3.52. The first-order chi connectivity index (χ1) is 6.95. The maximum atomic E-state index is 11.2. The first-order valence-electron chi connectivity index (χ1n) is 5.54. The van der Waals surface area contributed by atoms with Crippen LogP contribution in [0.2, 0.25) is 0 Å². The van der Waals surface area contributed by atoms with Gasteiger partial charge in [-0.15, -0.1) is 0 Å². The van der Waals surface area contributed by atoms with Crippen molar-refractivity contribution in [2.24, 2.45) is 5.92 Å². The Morgan fingerprint density at radius 1 is 1.40 bits per heavy atom. The second-order valence-corrected chi connectivity index (χ2v) is 4.41. The largest absolute Gasteiger partial charge is 0.392 e. The third-order valence-electron chi connectivity index (χ3n) is 2.37. The summed E-state index contributed by atoms with van der Waals surface area (Å²) in [6.07, 6.45) is 1.09. The number of hydrogen-bond donors (Lipinski definition) is 2. The molecule has 1 atom stereocenters. The standard InChI is InChI=1S/C11H24N2O2/c1-9(2)10(14)8-12-7-5-6-11(15)13(3)4/h9-10,12,14H,5-8H2,1-4H3. The Morgan fingerprint density at radius 3 is 2.47 bits per heavy atom. The van der Waals surface area contributed by atoms with Crippen LogP contribution in [0.5, 0.6) is 0 Å². The molecule has 0 saturated heterocycles. The van der Waals surface area contributed by atoms with E-state index in [1.807, 2.05) is 13.8 Å². The Bertz CT molecular complexity index is 181. The lowest BCUT2D eigenvalue weighted by Gasteiger charge is -2.15. The molecule has 4 nitrogen and oxygen atoms in total. The van der Waals surface area contributed by atoms with Crippen molar-refractivity contribution < 1.29 is 9.90 Å². The molecule has 0 fully saturated rings. The van der Waals surface area contributed by atoms with Crippen LogP contribution in [0.1, 0.15) is 26.7 Å². The van der Waals surface area contributed by atoms with Crippen molar-refractivity contribution in [2.45, 2.75) is 32.8 Å². The maximum absolute atomic E-state index is 11.2.